The fourth-order valence-electron chi connectivity index (χ4n) is 2.22. The van der Waals surface area contributed by atoms with Crippen molar-refractivity contribution in [3.8, 4) is 11.3 Å². The second-order valence-corrected chi connectivity index (χ2v) is 8.46. The maximum Gasteiger partial charge on any atom is 0.417 e. The fourth-order valence-corrected chi connectivity index (χ4v) is 4.21. The number of carbonyl (C=O) groups excluding carboxylic acids is 1. The number of nitrogens with one attached hydrogen (secondary N) is 1. The van der Waals surface area contributed by atoms with E-state index >= 15 is 0 Å². The number of thioether (sulfide) groups is 1. The lowest BCUT2D eigenvalue weighted by molar-refractivity contribution is -0.137. The number of thiazole rings is 1. The van der Waals surface area contributed by atoms with Gasteiger partial charge in [0.2, 0.25) is 5.91 Å². The minimum Gasteiger partial charge on any atom is -0.325 e. The van der Waals surface area contributed by atoms with Gasteiger partial charge in [0.25, 0.3) is 0 Å². The molecule has 0 saturated heterocycles. The predicted octanol–water partition coefficient (Wildman–Crippen LogP) is 6.87. The monoisotopic (exact) mass is 462 g/mol. The van der Waals surface area contributed by atoms with E-state index in [0.29, 0.717) is 9.36 Å². The first-order valence-corrected chi connectivity index (χ1v) is 10.4. The van der Waals surface area contributed by atoms with Crippen molar-refractivity contribution >= 4 is 57.9 Å². The average Bonchev–Trinajstić information content (AvgIpc) is 3.10. The summed E-state index contributed by atoms with van der Waals surface area (Å²) >= 11 is 14.0. The van der Waals surface area contributed by atoms with Crippen LogP contribution >= 0.6 is 46.3 Å². The third-order valence-electron chi connectivity index (χ3n) is 3.51. The van der Waals surface area contributed by atoms with Gasteiger partial charge in [-0.3, -0.25) is 4.79 Å². The summed E-state index contributed by atoms with van der Waals surface area (Å²) < 4.78 is 39.3. The maximum atomic E-state index is 12.9. The number of aromatic nitrogens is 1. The number of alkyl halides is 3. The van der Waals surface area contributed by atoms with Crippen molar-refractivity contribution in [2.45, 2.75) is 10.5 Å². The van der Waals surface area contributed by atoms with Crippen molar-refractivity contribution < 1.29 is 18.0 Å². The van der Waals surface area contributed by atoms with Crippen LogP contribution in [0.1, 0.15) is 5.56 Å². The highest BCUT2D eigenvalue weighted by atomic mass is 35.5. The molecule has 1 heterocycles. The van der Waals surface area contributed by atoms with Crippen LogP contribution in [0.2, 0.25) is 10.0 Å². The first-order chi connectivity index (χ1) is 13.2. The van der Waals surface area contributed by atoms with Gasteiger partial charge < -0.3 is 5.32 Å². The van der Waals surface area contributed by atoms with Crippen LogP contribution in [-0.4, -0.2) is 16.6 Å². The van der Waals surface area contributed by atoms with E-state index in [4.69, 9.17) is 23.2 Å². The number of halogens is 5. The lowest BCUT2D eigenvalue weighted by atomic mass is 10.2. The van der Waals surface area contributed by atoms with E-state index in [-0.39, 0.29) is 11.4 Å². The van der Waals surface area contributed by atoms with Gasteiger partial charge in [-0.25, -0.2) is 4.98 Å². The minimum atomic E-state index is -4.59. The zero-order chi connectivity index (χ0) is 20.3. The molecule has 0 saturated carbocycles. The molecule has 146 valence electrons. The third-order valence-corrected chi connectivity index (χ3v) is 6.11. The summed E-state index contributed by atoms with van der Waals surface area (Å²) in [7, 11) is 0. The molecule has 0 spiro atoms. The Morgan fingerprint density at radius 1 is 1.14 bits per heavy atom. The number of anilines is 1. The fraction of sp³-hybridized carbons (Fsp3) is 0.111. The molecule has 0 aliphatic carbocycles. The molecule has 0 unspecified atom stereocenters. The highest BCUT2D eigenvalue weighted by molar-refractivity contribution is 8.01. The number of amides is 1. The molecule has 0 aliphatic rings. The van der Waals surface area contributed by atoms with Crippen LogP contribution in [0.4, 0.5) is 18.9 Å². The van der Waals surface area contributed by atoms with E-state index in [9.17, 15) is 18.0 Å². The molecule has 0 bridgehead atoms. The number of hydrogen-bond donors (Lipinski definition) is 1. The standard InChI is InChI=1S/C18H11Cl2F3N2OS2/c19-11-3-1-10(2-4-11)15-8-27-17(25-15)28-9-16(26)24-12-5-6-14(20)13(7-12)18(21,22)23/h1-8H,9H2,(H,24,26). The van der Waals surface area contributed by atoms with Crippen molar-refractivity contribution in [3.05, 3.63) is 63.5 Å². The molecule has 3 rings (SSSR count). The number of carbonyl (C=O) groups is 1. The van der Waals surface area contributed by atoms with Crippen LogP contribution in [0.25, 0.3) is 11.3 Å². The van der Waals surface area contributed by atoms with Crippen molar-refractivity contribution in [2.24, 2.45) is 0 Å². The summed E-state index contributed by atoms with van der Waals surface area (Å²) in [6, 6.07) is 10.5. The molecule has 0 atom stereocenters. The van der Waals surface area contributed by atoms with Crippen LogP contribution in [0.3, 0.4) is 0 Å². The SMILES string of the molecule is O=C(CSc1nc(-c2ccc(Cl)cc2)cs1)Nc1ccc(Cl)c(C(F)(F)F)c1. The Kier molecular flexibility index (Phi) is 6.54. The van der Waals surface area contributed by atoms with E-state index in [1.165, 1.54) is 29.2 Å². The van der Waals surface area contributed by atoms with Gasteiger partial charge in [-0.05, 0) is 30.3 Å². The van der Waals surface area contributed by atoms with Gasteiger partial charge in [0, 0.05) is 21.7 Å². The van der Waals surface area contributed by atoms with E-state index in [1.807, 2.05) is 17.5 Å². The summed E-state index contributed by atoms with van der Waals surface area (Å²) in [6.45, 7) is 0. The average molecular weight is 463 g/mol. The summed E-state index contributed by atoms with van der Waals surface area (Å²) in [5.74, 6) is -0.430. The largest absolute Gasteiger partial charge is 0.417 e. The van der Waals surface area contributed by atoms with Crippen LogP contribution < -0.4 is 5.32 Å². The van der Waals surface area contributed by atoms with Gasteiger partial charge in [0.15, 0.2) is 4.34 Å². The van der Waals surface area contributed by atoms with Crippen LogP contribution in [-0.2, 0) is 11.0 Å². The zero-order valence-electron chi connectivity index (χ0n) is 13.9. The second kappa shape index (κ2) is 8.73. The Morgan fingerprint density at radius 2 is 1.86 bits per heavy atom. The van der Waals surface area contributed by atoms with Gasteiger partial charge in [-0.2, -0.15) is 13.2 Å². The Hall–Kier alpha value is -1.74. The molecule has 2 aromatic carbocycles. The van der Waals surface area contributed by atoms with E-state index in [0.717, 1.165) is 23.4 Å². The summed E-state index contributed by atoms with van der Waals surface area (Å²) in [5.41, 5.74) is 0.699. The van der Waals surface area contributed by atoms with E-state index in [1.54, 1.807) is 12.1 Å². The Balaban J connectivity index is 1.60. The van der Waals surface area contributed by atoms with Crippen LogP contribution in [0.15, 0.2) is 52.2 Å². The first kappa shape index (κ1) is 21.0. The lowest BCUT2D eigenvalue weighted by Gasteiger charge is -2.11. The molecule has 1 N–H and O–H groups in total. The Morgan fingerprint density at radius 3 is 2.54 bits per heavy atom. The Bertz CT molecular complexity index is 991. The normalized spacial score (nSPS) is 11.5. The minimum absolute atomic E-state index is 0.0115. The van der Waals surface area contributed by atoms with E-state index < -0.39 is 22.7 Å². The second-order valence-electron chi connectivity index (χ2n) is 5.53. The molecular formula is C18H11Cl2F3N2OS2. The topological polar surface area (TPSA) is 42.0 Å². The Labute approximate surface area is 176 Å². The maximum absolute atomic E-state index is 12.9. The molecule has 1 aromatic heterocycles. The number of hydrogen-bond acceptors (Lipinski definition) is 4. The lowest BCUT2D eigenvalue weighted by Crippen LogP contribution is -2.15. The number of rotatable bonds is 5. The number of nitrogens with zero attached hydrogens (tertiary/aromatic N) is 1. The molecule has 3 aromatic rings. The summed E-state index contributed by atoms with van der Waals surface area (Å²) in [4.78, 5) is 16.5. The van der Waals surface area contributed by atoms with Crippen LogP contribution in [0.5, 0.6) is 0 Å². The van der Waals surface area contributed by atoms with Gasteiger partial charge in [0.05, 0.1) is 22.0 Å². The zero-order valence-corrected chi connectivity index (χ0v) is 17.0. The first-order valence-electron chi connectivity index (χ1n) is 7.73. The van der Waals surface area contributed by atoms with Crippen molar-refractivity contribution in [1.82, 2.24) is 4.98 Å². The van der Waals surface area contributed by atoms with Gasteiger partial charge in [-0.15, -0.1) is 11.3 Å². The van der Waals surface area contributed by atoms with E-state index in [2.05, 4.69) is 10.3 Å². The quantitative estimate of drug-likeness (QED) is 0.420. The third kappa shape index (κ3) is 5.41. The number of benzene rings is 2. The summed E-state index contributed by atoms with van der Waals surface area (Å²) in [6.07, 6.45) is -4.59. The predicted molar refractivity (Wildman–Crippen MR) is 108 cm³/mol. The molecule has 10 heteroatoms. The molecular weight excluding hydrogens is 452 g/mol. The molecule has 0 fully saturated rings. The smallest absolute Gasteiger partial charge is 0.325 e. The van der Waals surface area contributed by atoms with Gasteiger partial charge in [0.1, 0.15) is 0 Å². The van der Waals surface area contributed by atoms with Gasteiger partial charge >= 0.3 is 6.18 Å². The highest BCUT2D eigenvalue weighted by Crippen LogP contribution is 2.36. The van der Waals surface area contributed by atoms with Crippen molar-refractivity contribution in [3.63, 3.8) is 0 Å². The van der Waals surface area contributed by atoms with Crippen molar-refractivity contribution in [1.29, 1.82) is 0 Å². The highest BCUT2D eigenvalue weighted by Gasteiger charge is 2.33. The molecule has 3 nitrogen and oxygen atoms in total. The molecule has 0 radical (unpaired) electrons. The van der Waals surface area contributed by atoms with Gasteiger partial charge in [-0.1, -0.05) is 47.1 Å². The summed E-state index contributed by atoms with van der Waals surface area (Å²) in [5, 5.41) is 4.51. The van der Waals surface area contributed by atoms with Crippen molar-refractivity contribution in [2.75, 3.05) is 11.1 Å². The molecule has 28 heavy (non-hydrogen) atoms. The molecule has 1 amide bonds. The molecule has 0 aliphatic heterocycles. The van der Waals surface area contributed by atoms with Crippen LogP contribution in [0, 0.1) is 0 Å².